The van der Waals surface area contributed by atoms with E-state index in [-0.39, 0.29) is 17.2 Å². The fraction of sp³-hybridized carbons (Fsp3) is 0.875. The first kappa shape index (κ1) is 12.7. The second-order valence-corrected chi connectivity index (χ2v) is 4.02. The van der Waals surface area contributed by atoms with Crippen molar-refractivity contribution in [3.05, 3.63) is 0 Å². The SMILES string of the molecule is CCOCC(N)C(SCC)C(N)=O. The molecule has 0 aliphatic rings. The van der Waals surface area contributed by atoms with E-state index in [2.05, 4.69) is 0 Å². The van der Waals surface area contributed by atoms with Crippen LogP contribution in [0.3, 0.4) is 0 Å². The van der Waals surface area contributed by atoms with Gasteiger partial charge >= 0.3 is 0 Å². The molecular weight excluding hydrogens is 188 g/mol. The van der Waals surface area contributed by atoms with Crippen molar-refractivity contribution < 1.29 is 9.53 Å². The van der Waals surface area contributed by atoms with E-state index in [1.165, 1.54) is 11.8 Å². The van der Waals surface area contributed by atoms with Crippen molar-refractivity contribution in [2.75, 3.05) is 19.0 Å². The zero-order valence-corrected chi connectivity index (χ0v) is 8.97. The standard InChI is InChI=1S/C8H18N2O2S/c1-3-12-5-6(9)7(8(10)11)13-4-2/h6-7H,3-5,9H2,1-2H3,(H2,10,11). The summed E-state index contributed by atoms with van der Waals surface area (Å²) < 4.78 is 5.13. The third-order valence-electron chi connectivity index (χ3n) is 1.53. The molecule has 0 radical (unpaired) electrons. The Morgan fingerprint density at radius 1 is 1.54 bits per heavy atom. The van der Waals surface area contributed by atoms with E-state index in [9.17, 15) is 4.79 Å². The maximum Gasteiger partial charge on any atom is 0.232 e. The van der Waals surface area contributed by atoms with Crippen molar-refractivity contribution in [3.8, 4) is 0 Å². The predicted octanol–water partition coefficient (Wildman–Crippen LogP) is -0.0428. The van der Waals surface area contributed by atoms with Gasteiger partial charge in [0, 0.05) is 12.6 Å². The average Bonchev–Trinajstić information content (AvgIpc) is 2.09. The highest BCUT2D eigenvalue weighted by Crippen LogP contribution is 2.13. The first-order valence-electron chi connectivity index (χ1n) is 4.37. The zero-order chi connectivity index (χ0) is 10.3. The van der Waals surface area contributed by atoms with Crippen LogP contribution in [0.25, 0.3) is 0 Å². The summed E-state index contributed by atoms with van der Waals surface area (Å²) in [6.07, 6.45) is 0. The van der Waals surface area contributed by atoms with E-state index < -0.39 is 0 Å². The topological polar surface area (TPSA) is 78.3 Å². The van der Waals surface area contributed by atoms with Crippen LogP contribution in [-0.4, -0.2) is 36.2 Å². The lowest BCUT2D eigenvalue weighted by Gasteiger charge is -2.19. The third-order valence-corrected chi connectivity index (χ3v) is 2.80. The molecule has 0 aromatic rings. The fourth-order valence-corrected chi connectivity index (χ4v) is 1.79. The summed E-state index contributed by atoms with van der Waals surface area (Å²) in [4.78, 5) is 11.0. The van der Waals surface area contributed by atoms with Gasteiger partial charge in [0.25, 0.3) is 0 Å². The number of hydrogen-bond acceptors (Lipinski definition) is 4. The van der Waals surface area contributed by atoms with Crippen molar-refractivity contribution in [3.63, 3.8) is 0 Å². The largest absolute Gasteiger partial charge is 0.380 e. The van der Waals surface area contributed by atoms with E-state index in [0.717, 1.165) is 5.75 Å². The molecule has 2 atom stereocenters. The lowest BCUT2D eigenvalue weighted by molar-refractivity contribution is -0.118. The zero-order valence-electron chi connectivity index (χ0n) is 8.16. The molecule has 0 spiro atoms. The Balaban J connectivity index is 3.95. The van der Waals surface area contributed by atoms with E-state index in [1.807, 2.05) is 13.8 Å². The molecular formula is C8H18N2O2S. The van der Waals surface area contributed by atoms with Gasteiger partial charge in [-0.05, 0) is 12.7 Å². The Morgan fingerprint density at radius 3 is 2.54 bits per heavy atom. The second-order valence-electron chi connectivity index (χ2n) is 2.60. The van der Waals surface area contributed by atoms with Gasteiger partial charge in [-0.3, -0.25) is 4.79 Å². The van der Waals surface area contributed by atoms with Crippen LogP contribution in [-0.2, 0) is 9.53 Å². The molecule has 0 aliphatic carbocycles. The number of ether oxygens (including phenoxy) is 1. The lowest BCUT2D eigenvalue weighted by atomic mass is 10.2. The molecule has 0 rings (SSSR count). The van der Waals surface area contributed by atoms with Gasteiger partial charge in [0.15, 0.2) is 0 Å². The van der Waals surface area contributed by atoms with Crippen LogP contribution >= 0.6 is 11.8 Å². The van der Waals surface area contributed by atoms with Crippen molar-refractivity contribution >= 4 is 17.7 Å². The van der Waals surface area contributed by atoms with Gasteiger partial charge in [0.2, 0.25) is 5.91 Å². The highest BCUT2D eigenvalue weighted by atomic mass is 32.2. The summed E-state index contributed by atoms with van der Waals surface area (Å²) in [7, 11) is 0. The van der Waals surface area contributed by atoms with Gasteiger partial charge in [-0.1, -0.05) is 6.92 Å². The van der Waals surface area contributed by atoms with Crippen LogP contribution < -0.4 is 11.5 Å². The minimum Gasteiger partial charge on any atom is -0.380 e. The van der Waals surface area contributed by atoms with E-state index in [1.54, 1.807) is 0 Å². The lowest BCUT2D eigenvalue weighted by Crippen LogP contribution is -2.45. The molecule has 0 aliphatic heterocycles. The van der Waals surface area contributed by atoms with E-state index in [4.69, 9.17) is 16.2 Å². The number of carbonyl (C=O) groups is 1. The number of thioether (sulfide) groups is 1. The highest BCUT2D eigenvalue weighted by Gasteiger charge is 2.22. The summed E-state index contributed by atoms with van der Waals surface area (Å²) in [6.45, 7) is 4.85. The summed E-state index contributed by atoms with van der Waals surface area (Å²) in [5.41, 5.74) is 10.9. The number of amides is 1. The first-order valence-corrected chi connectivity index (χ1v) is 5.42. The summed E-state index contributed by atoms with van der Waals surface area (Å²) in [5, 5.41) is -0.337. The molecule has 78 valence electrons. The van der Waals surface area contributed by atoms with Gasteiger partial charge in [-0.25, -0.2) is 0 Å². The monoisotopic (exact) mass is 206 g/mol. The average molecular weight is 206 g/mol. The number of rotatable bonds is 7. The molecule has 13 heavy (non-hydrogen) atoms. The second kappa shape index (κ2) is 7.17. The molecule has 4 N–H and O–H groups in total. The van der Waals surface area contributed by atoms with Gasteiger partial charge in [0.1, 0.15) is 5.25 Å². The Bertz CT molecular complexity index is 155. The Kier molecular flexibility index (Phi) is 7.03. The van der Waals surface area contributed by atoms with E-state index >= 15 is 0 Å². The molecule has 0 saturated heterocycles. The van der Waals surface area contributed by atoms with Crippen LogP contribution in [0.4, 0.5) is 0 Å². The maximum atomic E-state index is 11.0. The summed E-state index contributed by atoms with van der Waals surface area (Å²) >= 11 is 1.46. The van der Waals surface area contributed by atoms with Gasteiger partial charge in [-0.2, -0.15) is 0 Å². The number of nitrogens with two attached hydrogens (primary N) is 2. The molecule has 0 bridgehead atoms. The molecule has 0 aromatic carbocycles. The highest BCUT2D eigenvalue weighted by molar-refractivity contribution is 8.00. The van der Waals surface area contributed by atoms with Gasteiger partial charge in [-0.15, -0.1) is 11.8 Å². The minimum absolute atomic E-state index is 0.303. The fourth-order valence-electron chi connectivity index (χ4n) is 0.938. The Labute approximate surface area is 83.4 Å². The maximum absolute atomic E-state index is 11.0. The summed E-state index contributed by atoms with van der Waals surface area (Å²) in [6, 6.07) is -0.303. The van der Waals surface area contributed by atoms with Crippen molar-refractivity contribution in [1.29, 1.82) is 0 Å². The minimum atomic E-state index is -0.362. The van der Waals surface area contributed by atoms with Crippen LogP contribution in [0.2, 0.25) is 0 Å². The molecule has 0 heterocycles. The molecule has 5 heteroatoms. The molecule has 0 fully saturated rings. The number of carbonyl (C=O) groups excluding carboxylic acids is 1. The van der Waals surface area contributed by atoms with Crippen molar-refractivity contribution in [2.24, 2.45) is 11.5 Å². The normalized spacial score (nSPS) is 15.3. The number of hydrogen-bond donors (Lipinski definition) is 2. The predicted molar refractivity (Wildman–Crippen MR) is 55.6 cm³/mol. The first-order chi connectivity index (χ1) is 6.13. The molecule has 0 saturated carbocycles. The van der Waals surface area contributed by atoms with Crippen LogP contribution in [0.1, 0.15) is 13.8 Å². The van der Waals surface area contributed by atoms with Gasteiger partial charge < -0.3 is 16.2 Å². The Hall–Kier alpha value is -0.260. The van der Waals surface area contributed by atoms with Crippen molar-refractivity contribution in [2.45, 2.75) is 25.1 Å². The smallest absolute Gasteiger partial charge is 0.232 e. The van der Waals surface area contributed by atoms with Crippen LogP contribution in [0, 0.1) is 0 Å². The van der Waals surface area contributed by atoms with Crippen molar-refractivity contribution in [1.82, 2.24) is 0 Å². The molecule has 0 aromatic heterocycles. The quantitative estimate of drug-likeness (QED) is 0.612. The summed E-state index contributed by atoms with van der Waals surface area (Å²) in [5.74, 6) is 0.465. The molecule has 4 nitrogen and oxygen atoms in total. The molecule has 2 unspecified atom stereocenters. The van der Waals surface area contributed by atoms with Crippen LogP contribution in [0.15, 0.2) is 0 Å². The van der Waals surface area contributed by atoms with Gasteiger partial charge in [0.05, 0.1) is 6.61 Å². The Morgan fingerprint density at radius 2 is 2.15 bits per heavy atom. The van der Waals surface area contributed by atoms with Crippen LogP contribution in [0.5, 0.6) is 0 Å². The third kappa shape index (κ3) is 5.13. The number of primary amides is 1. The molecule has 1 amide bonds. The van der Waals surface area contributed by atoms with E-state index in [0.29, 0.717) is 13.2 Å².